The zero-order valence-corrected chi connectivity index (χ0v) is 34.2. The molecule has 3 heteroatoms. The monoisotopic (exact) mass is 784 g/mol. The molecule has 2 nitrogen and oxygen atoms in total. The Labute approximate surface area is 353 Å². The average molecular weight is 785 g/mol. The Balaban J connectivity index is 0.921. The lowest BCUT2D eigenvalue weighted by molar-refractivity contribution is 0.660. The largest absolute Gasteiger partial charge is 0.310 e. The normalized spacial score (nSPS) is 13.0. The fourth-order valence-corrected chi connectivity index (χ4v) is 11.1. The van der Waals surface area contributed by atoms with Crippen LogP contribution in [-0.2, 0) is 5.41 Å². The third kappa shape index (κ3) is 5.33. The van der Waals surface area contributed by atoms with E-state index in [1.807, 2.05) is 11.3 Å². The molecule has 2 aromatic heterocycles. The standard InChI is InChI=1S/C57H40N2S/c1-57(2)50-17-9-6-14-45(50)46-33-32-44(36-51(46)57)58(41-26-20-38(21-27-41)37-12-4-3-5-13-37)42-28-22-39(23-29-42)40-24-30-43(31-25-40)59-52-18-10-7-16-49(52)55-53(59)35-34-48-47-15-8-11-19-54(47)60-56(48)55/h3-36H,1-2H3. The quantitative estimate of drug-likeness (QED) is 0.163. The van der Waals surface area contributed by atoms with Gasteiger partial charge in [-0.15, -0.1) is 11.3 Å². The molecule has 2 heterocycles. The van der Waals surface area contributed by atoms with Crippen molar-refractivity contribution >= 4 is 70.4 Å². The number of fused-ring (bicyclic) bond motifs is 10. The minimum atomic E-state index is -0.0924. The molecule has 0 radical (unpaired) electrons. The molecule has 0 atom stereocenters. The number of thiophene rings is 1. The van der Waals surface area contributed by atoms with Gasteiger partial charge in [0.05, 0.1) is 11.0 Å². The lowest BCUT2D eigenvalue weighted by atomic mass is 9.82. The Morgan fingerprint density at radius 3 is 1.72 bits per heavy atom. The Kier molecular flexibility index (Phi) is 7.79. The van der Waals surface area contributed by atoms with Crippen molar-refractivity contribution in [3.05, 3.63) is 217 Å². The lowest BCUT2D eigenvalue weighted by Crippen LogP contribution is -2.16. The van der Waals surface area contributed by atoms with E-state index in [0.717, 1.165) is 22.7 Å². The molecule has 0 saturated carbocycles. The van der Waals surface area contributed by atoms with Gasteiger partial charge in [0.25, 0.3) is 0 Å². The van der Waals surface area contributed by atoms with Crippen LogP contribution in [0.4, 0.5) is 17.1 Å². The van der Waals surface area contributed by atoms with E-state index >= 15 is 0 Å². The van der Waals surface area contributed by atoms with Gasteiger partial charge >= 0.3 is 0 Å². The first-order chi connectivity index (χ1) is 29.5. The first-order valence-electron chi connectivity index (χ1n) is 20.8. The summed E-state index contributed by atoms with van der Waals surface area (Å²) >= 11 is 1.90. The van der Waals surface area contributed by atoms with Gasteiger partial charge in [-0.05, 0) is 111 Å². The first kappa shape index (κ1) is 34.8. The molecule has 0 unspecified atom stereocenters. The van der Waals surface area contributed by atoms with Crippen molar-refractivity contribution in [3.63, 3.8) is 0 Å². The molecule has 9 aromatic carbocycles. The summed E-state index contributed by atoms with van der Waals surface area (Å²) in [4.78, 5) is 2.40. The molecule has 1 aliphatic carbocycles. The second-order valence-corrected chi connectivity index (χ2v) is 17.6. The predicted octanol–water partition coefficient (Wildman–Crippen LogP) is 16.3. The summed E-state index contributed by atoms with van der Waals surface area (Å²) in [5.74, 6) is 0. The molecule has 1 aliphatic rings. The fraction of sp³-hybridized carbons (Fsp3) is 0.0526. The number of rotatable bonds is 6. The third-order valence-corrected chi connectivity index (χ3v) is 14.0. The summed E-state index contributed by atoms with van der Waals surface area (Å²) < 4.78 is 5.12. The van der Waals surface area contributed by atoms with Crippen molar-refractivity contribution in [2.75, 3.05) is 4.90 Å². The fourth-order valence-electron chi connectivity index (χ4n) is 9.83. The van der Waals surface area contributed by atoms with Crippen molar-refractivity contribution in [1.82, 2.24) is 4.57 Å². The van der Waals surface area contributed by atoms with Crippen LogP contribution in [-0.4, -0.2) is 4.57 Å². The van der Waals surface area contributed by atoms with Crippen LogP contribution in [0, 0.1) is 0 Å². The van der Waals surface area contributed by atoms with Crippen LogP contribution >= 0.6 is 11.3 Å². The van der Waals surface area contributed by atoms with E-state index < -0.39 is 0 Å². The molecule has 60 heavy (non-hydrogen) atoms. The number of nitrogens with zero attached hydrogens (tertiary/aromatic N) is 2. The Bertz CT molecular complexity index is 3420. The minimum Gasteiger partial charge on any atom is -0.310 e. The van der Waals surface area contributed by atoms with Gasteiger partial charge in [-0.25, -0.2) is 0 Å². The van der Waals surface area contributed by atoms with Gasteiger partial charge in [-0.2, -0.15) is 0 Å². The highest BCUT2D eigenvalue weighted by Crippen LogP contribution is 2.51. The summed E-state index contributed by atoms with van der Waals surface area (Å²) in [6.07, 6.45) is 0. The Morgan fingerprint density at radius 2 is 0.983 bits per heavy atom. The second kappa shape index (κ2) is 13.4. The van der Waals surface area contributed by atoms with Gasteiger partial charge in [-0.3, -0.25) is 0 Å². The SMILES string of the molecule is CC1(C)c2ccccc2-c2ccc(N(c3ccc(-c4ccccc4)cc3)c3ccc(-c4ccc(-n5c6ccccc6c6c7sc8ccccc8c7ccc65)cc4)cc3)cc21. The molecule has 0 aliphatic heterocycles. The van der Waals surface area contributed by atoms with E-state index in [9.17, 15) is 0 Å². The number of aromatic nitrogens is 1. The maximum absolute atomic E-state index is 2.43. The molecular formula is C57H40N2S. The smallest absolute Gasteiger partial charge is 0.0555 e. The number of benzene rings is 9. The van der Waals surface area contributed by atoms with Crippen LogP contribution in [0.3, 0.4) is 0 Å². The van der Waals surface area contributed by atoms with Crippen LogP contribution in [0.5, 0.6) is 0 Å². The number of hydrogen-bond acceptors (Lipinski definition) is 2. The maximum atomic E-state index is 2.43. The highest BCUT2D eigenvalue weighted by Gasteiger charge is 2.35. The Hall–Kier alpha value is -7.20. The third-order valence-electron chi connectivity index (χ3n) is 12.8. The van der Waals surface area contributed by atoms with Crippen LogP contribution in [0.15, 0.2) is 206 Å². The van der Waals surface area contributed by atoms with Gasteiger partial charge in [0.15, 0.2) is 0 Å². The zero-order chi connectivity index (χ0) is 40.0. The molecule has 284 valence electrons. The number of para-hydroxylation sites is 1. The second-order valence-electron chi connectivity index (χ2n) is 16.5. The van der Waals surface area contributed by atoms with Gasteiger partial charge in [0, 0.05) is 59.1 Å². The van der Waals surface area contributed by atoms with Crippen molar-refractivity contribution in [2.45, 2.75) is 19.3 Å². The highest BCUT2D eigenvalue weighted by molar-refractivity contribution is 7.26. The zero-order valence-electron chi connectivity index (χ0n) is 33.4. The molecule has 0 spiro atoms. The van der Waals surface area contributed by atoms with Gasteiger partial charge in [0.2, 0.25) is 0 Å². The predicted molar refractivity (Wildman–Crippen MR) is 257 cm³/mol. The van der Waals surface area contributed by atoms with E-state index in [4.69, 9.17) is 0 Å². The number of anilines is 3. The van der Waals surface area contributed by atoms with Gasteiger partial charge in [-0.1, -0.05) is 153 Å². The van der Waals surface area contributed by atoms with E-state index in [1.165, 1.54) is 86.5 Å². The summed E-state index contributed by atoms with van der Waals surface area (Å²) in [5, 5.41) is 5.29. The summed E-state index contributed by atoms with van der Waals surface area (Å²) in [6.45, 7) is 4.71. The van der Waals surface area contributed by atoms with Gasteiger partial charge < -0.3 is 9.47 Å². The molecule has 11 aromatic rings. The molecule has 12 rings (SSSR count). The minimum absolute atomic E-state index is 0.0924. The van der Waals surface area contributed by atoms with Gasteiger partial charge in [0.1, 0.15) is 0 Å². The molecular weight excluding hydrogens is 745 g/mol. The topological polar surface area (TPSA) is 8.17 Å². The van der Waals surface area contributed by atoms with Crippen LogP contribution in [0.1, 0.15) is 25.0 Å². The highest BCUT2D eigenvalue weighted by atomic mass is 32.1. The molecule has 0 fully saturated rings. The van der Waals surface area contributed by atoms with Crippen molar-refractivity contribution in [1.29, 1.82) is 0 Å². The summed E-state index contributed by atoms with van der Waals surface area (Å²) in [7, 11) is 0. The van der Waals surface area contributed by atoms with Crippen molar-refractivity contribution in [2.24, 2.45) is 0 Å². The molecule has 0 saturated heterocycles. The average Bonchev–Trinajstić information content (AvgIpc) is 3.93. The molecule has 0 N–H and O–H groups in total. The summed E-state index contributed by atoms with van der Waals surface area (Å²) in [5.41, 5.74) is 17.1. The maximum Gasteiger partial charge on any atom is 0.0555 e. The van der Waals surface area contributed by atoms with E-state index in [-0.39, 0.29) is 5.41 Å². The first-order valence-corrected chi connectivity index (χ1v) is 21.6. The number of hydrogen-bond donors (Lipinski definition) is 0. The van der Waals surface area contributed by atoms with Crippen molar-refractivity contribution in [3.8, 4) is 39.1 Å². The molecule has 0 amide bonds. The van der Waals surface area contributed by atoms with Crippen LogP contribution < -0.4 is 4.90 Å². The lowest BCUT2D eigenvalue weighted by Gasteiger charge is -2.28. The molecule has 0 bridgehead atoms. The summed E-state index contributed by atoms with van der Waals surface area (Å²) in [6, 6.07) is 75.9. The van der Waals surface area contributed by atoms with E-state index in [2.05, 4.69) is 230 Å². The van der Waals surface area contributed by atoms with Crippen LogP contribution in [0.2, 0.25) is 0 Å². The van der Waals surface area contributed by atoms with E-state index in [1.54, 1.807) is 0 Å². The van der Waals surface area contributed by atoms with E-state index in [0.29, 0.717) is 0 Å². The Morgan fingerprint density at radius 1 is 0.417 bits per heavy atom. The van der Waals surface area contributed by atoms with Crippen molar-refractivity contribution < 1.29 is 0 Å². The van der Waals surface area contributed by atoms with Crippen LogP contribution in [0.25, 0.3) is 81.0 Å².